The fourth-order valence-corrected chi connectivity index (χ4v) is 4.00. The number of morpholine rings is 1. The van der Waals surface area contributed by atoms with Crippen LogP contribution in [-0.2, 0) is 4.74 Å². The van der Waals surface area contributed by atoms with Gasteiger partial charge in [-0.1, -0.05) is 0 Å². The van der Waals surface area contributed by atoms with Crippen molar-refractivity contribution in [3.05, 3.63) is 35.5 Å². The topological polar surface area (TPSA) is 62.3 Å². The van der Waals surface area contributed by atoms with Crippen LogP contribution < -0.4 is 15.5 Å². The van der Waals surface area contributed by atoms with E-state index in [1.165, 1.54) is 18.9 Å². The molecule has 140 valence electrons. The van der Waals surface area contributed by atoms with Gasteiger partial charge in [0.2, 0.25) is 5.95 Å². The van der Waals surface area contributed by atoms with Crippen molar-refractivity contribution >= 4 is 44.7 Å². The van der Waals surface area contributed by atoms with E-state index in [-0.39, 0.29) is 5.82 Å². The number of aromatic nitrogens is 2. The monoisotopic (exact) mass is 385 g/mol. The van der Waals surface area contributed by atoms with Crippen LogP contribution in [0.2, 0.25) is 0 Å². The molecule has 0 radical (unpaired) electrons. The van der Waals surface area contributed by atoms with Gasteiger partial charge < -0.3 is 20.3 Å². The molecule has 1 aliphatic carbocycles. The van der Waals surface area contributed by atoms with E-state index in [0.717, 1.165) is 16.0 Å². The number of hydrogen-bond donors (Lipinski definition) is 2. The van der Waals surface area contributed by atoms with Crippen LogP contribution in [0.1, 0.15) is 12.8 Å². The average molecular weight is 385 g/mol. The summed E-state index contributed by atoms with van der Waals surface area (Å²) in [6, 6.07) is 7.65. The number of rotatable bonds is 5. The quantitative estimate of drug-likeness (QED) is 0.693. The highest BCUT2D eigenvalue weighted by Crippen LogP contribution is 2.32. The lowest BCUT2D eigenvalue weighted by atomic mass is 10.2. The van der Waals surface area contributed by atoms with Crippen molar-refractivity contribution in [1.82, 2.24) is 9.97 Å². The molecule has 0 atom stereocenters. The van der Waals surface area contributed by atoms with Crippen molar-refractivity contribution in [1.29, 1.82) is 0 Å². The molecular weight excluding hydrogens is 365 g/mol. The molecule has 2 fully saturated rings. The van der Waals surface area contributed by atoms with E-state index >= 15 is 0 Å². The van der Waals surface area contributed by atoms with E-state index in [9.17, 15) is 4.39 Å². The van der Waals surface area contributed by atoms with Gasteiger partial charge in [0, 0.05) is 24.8 Å². The highest BCUT2D eigenvalue weighted by atomic mass is 32.1. The van der Waals surface area contributed by atoms with E-state index in [0.29, 0.717) is 49.7 Å². The molecule has 3 aromatic rings. The zero-order valence-corrected chi connectivity index (χ0v) is 15.6. The minimum atomic E-state index is -0.255. The van der Waals surface area contributed by atoms with Crippen LogP contribution in [0.15, 0.2) is 29.6 Å². The average Bonchev–Trinajstić information content (AvgIpc) is 3.36. The number of hydrogen-bond acceptors (Lipinski definition) is 7. The first kappa shape index (κ1) is 16.7. The fourth-order valence-electron chi connectivity index (χ4n) is 3.21. The Morgan fingerprint density at radius 2 is 2.00 bits per heavy atom. The zero-order valence-electron chi connectivity index (χ0n) is 14.7. The second kappa shape index (κ2) is 6.94. The van der Waals surface area contributed by atoms with Crippen LogP contribution in [0.5, 0.6) is 0 Å². The Balaban J connectivity index is 1.40. The van der Waals surface area contributed by atoms with Gasteiger partial charge in [-0.05, 0) is 42.5 Å². The van der Waals surface area contributed by atoms with Gasteiger partial charge in [-0.15, -0.1) is 11.3 Å². The van der Waals surface area contributed by atoms with Crippen LogP contribution in [0.25, 0.3) is 10.2 Å². The number of thiophene rings is 1. The summed E-state index contributed by atoms with van der Waals surface area (Å²) in [6.45, 7) is 2.67. The van der Waals surface area contributed by atoms with Crippen molar-refractivity contribution in [2.75, 3.05) is 41.8 Å². The number of halogens is 1. The molecule has 27 heavy (non-hydrogen) atoms. The molecule has 1 aromatic carbocycles. The Kier molecular flexibility index (Phi) is 4.29. The summed E-state index contributed by atoms with van der Waals surface area (Å²) in [4.78, 5) is 11.2. The standard InChI is InChI=1S/C19H20FN5OS/c20-14-11-13(3-4-16(14)25-6-8-26-9-7-25)22-19-23-15-5-10-27-17(15)18(24-19)21-12-1-2-12/h3-5,10-12H,1-2,6-9H2,(H2,21,22,23,24). The van der Waals surface area contributed by atoms with Gasteiger partial charge in [0.15, 0.2) is 0 Å². The number of fused-ring (bicyclic) bond motifs is 1. The van der Waals surface area contributed by atoms with Gasteiger partial charge in [0.25, 0.3) is 0 Å². The minimum Gasteiger partial charge on any atom is -0.378 e. The maximum absolute atomic E-state index is 14.6. The summed E-state index contributed by atoms with van der Waals surface area (Å²) in [6.07, 6.45) is 2.35. The van der Waals surface area contributed by atoms with E-state index in [1.807, 2.05) is 22.4 Å². The van der Waals surface area contributed by atoms with E-state index in [2.05, 4.69) is 20.6 Å². The Labute approximate surface area is 160 Å². The zero-order chi connectivity index (χ0) is 18.2. The lowest BCUT2D eigenvalue weighted by Gasteiger charge is -2.29. The first-order valence-corrected chi connectivity index (χ1v) is 10.1. The van der Waals surface area contributed by atoms with Gasteiger partial charge >= 0.3 is 0 Å². The summed E-state index contributed by atoms with van der Waals surface area (Å²) in [5.74, 6) is 1.07. The second-order valence-electron chi connectivity index (χ2n) is 6.84. The van der Waals surface area contributed by atoms with E-state index in [1.54, 1.807) is 17.4 Å². The lowest BCUT2D eigenvalue weighted by molar-refractivity contribution is 0.122. The number of anilines is 4. The number of benzene rings is 1. The normalized spacial score (nSPS) is 17.3. The molecule has 0 unspecified atom stereocenters. The molecule has 2 aromatic heterocycles. The largest absolute Gasteiger partial charge is 0.378 e. The van der Waals surface area contributed by atoms with Crippen molar-refractivity contribution < 1.29 is 9.13 Å². The van der Waals surface area contributed by atoms with E-state index < -0.39 is 0 Å². The SMILES string of the molecule is Fc1cc(Nc2nc(NC3CC3)c3sccc3n2)ccc1N1CCOCC1. The van der Waals surface area contributed by atoms with Crippen LogP contribution >= 0.6 is 11.3 Å². The van der Waals surface area contributed by atoms with Gasteiger partial charge in [-0.3, -0.25) is 0 Å². The molecule has 5 rings (SSSR count). The molecule has 3 heterocycles. The predicted molar refractivity (Wildman–Crippen MR) is 107 cm³/mol. The third-order valence-corrected chi connectivity index (χ3v) is 5.69. The summed E-state index contributed by atoms with van der Waals surface area (Å²) < 4.78 is 21.0. The predicted octanol–water partition coefficient (Wildman–Crippen LogP) is 3.98. The van der Waals surface area contributed by atoms with Crippen LogP contribution in [0.4, 0.5) is 27.5 Å². The van der Waals surface area contributed by atoms with Crippen molar-refractivity contribution in [3.63, 3.8) is 0 Å². The van der Waals surface area contributed by atoms with Crippen molar-refractivity contribution in [2.24, 2.45) is 0 Å². The maximum Gasteiger partial charge on any atom is 0.229 e. The summed E-state index contributed by atoms with van der Waals surface area (Å²) >= 11 is 1.63. The maximum atomic E-state index is 14.6. The van der Waals surface area contributed by atoms with Gasteiger partial charge in [-0.2, -0.15) is 4.98 Å². The third kappa shape index (κ3) is 3.54. The van der Waals surface area contributed by atoms with E-state index in [4.69, 9.17) is 4.74 Å². The minimum absolute atomic E-state index is 0.255. The molecule has 8 heteroatoms. The summed E-state index contributed by atoms with van der Waals surface area (Å²) in [7, 11) is 0. The van der Waals surface area contributed by atoms with Gasteiger partial charge in [-0.25, -0.2) is 9.37 Å². The van der Waals surface area contributed by atoms with Crippen molar-refractivity contribution in [2.45, 2.75) is 18.9 Å². The molecule has 1 saturated heterocycles. The number of nitrogens with zero attached hydrogens (tertiary/aromatic N) is 3. The molecule has 6 nitrogen and oxygen atoms in total. The van der Waals surface area contributed by atoms with Crippen LogP contribution in [0, 0.1) is 5.82 Å². The van der Waals surface area contributed by atoms with Crippen molar-refractivity contribution in [3.8, 4) is 0 Å². The van der Waals surface area contributed by atoms with Crippen LogP contribution in [-0.4, -0.2) is 42.3 Å². The lowest BCUT2D eigenvalue weighted by Crippen LogP contribution is -2.36. The molecule has 0 bridgehead atoms. The summed E-state index contributed by atoms with van der Waals surface area (Å²) in [5.41, 5.74) is 2.14. The first-order valence-electron chi connectivity index (χ1n) is 9.17. The Bertz CT molecular complexity index is 968. The van der Waals surface area contributed by atoms with Gasteiger partial charge in [0.05, 0.1) is 29.1 Å². The number of nitrogens with one attached hydrogen (secondary N) is 2. The third-order valence-electron chi connectivity index (χ3n) is 4.78. The Morgan fingerprint density at radius 1 is 1.15 bits per heavy atom. The highest BCUT2D eigenvalue weighted by molar-refractivity contribution is 7.17. The Hall–Kier alpha value is -2.45. The Morgan fingerprint density at radius 3 is 2.78 bits per heavy atom. The molecule has 1 aliphatic heterocycles. The fraction of sp³-hybridized carbons (Fsp3) is 0.368. The highest BCUT2D eigenvalue weighted by Gasteiger charge is 2.23. The second-order valence-corrected chi connectivity index (χ2v) is 7.76. The van der Waals surface area contributed by atoms with Crippen LogP contribution in [0.3, 0.4) is 0 Å². The number of ether oxygens (including phenoxy) is 1. The molecule has 2 N–H and O–H groups in total. The molecular formula is C19H20FN5OS. The molecule has 2 aliphatic rings. The summed E-state index contributed by atoms with van der Waals surface area (Å²) in [5, 5.41) is 8.62. The smallest absolute Gasteiger partial charge is 0.229 e. The first-order chi connectivity index (χ1) is 13.3. The van der Waals surface area contributed by atoms with Gasteiger partial charge in [0.1, 0.15) is 11.6 Å². The molecule has 0 spiro atoms. The molecule has 0 amide bonds. The molecule has 1 saturated carbocycles.